The van der Waals surface area contributed by atoms with Gasteiger partial charge in [0.1, 0.15) is 0 Å². The third-order valence-corrected chi connectivity index (χ3v) is 3.43. The molecule has 0 unspecified atom stereocenters. The summed E-state index contributed by atoms with van der Waals surface area (Å²) in [6, 6.07) is 4.18. The summed E-state index contributed by atoms with van der Waals surface area (Å²) < 4.78 is 0. The van der Waals surface area contributed by atoms with E-state index in [0.717, 1.165) is 0 Å². The van der Waals surface area contributed by atoms with Crippen molar-refractivity contribution in [1.29, 1.82) is 0 Å². The fraction of sp³-hybridized carbons (Fsp3) is 0. The Hall–Kier alpha value is -1.16. The number of hydrogen-bond donors (Lipinski definition) is 2. The minimum atomic E-state index is -1.14. The topological polar surface area (TPSA) is 57.5 Å². The average molecular weight is 292 g/mol. The Morgan fingerprint density at radius 2 is 1.71 bits per heavy atom. The van der Waals surface area contributed by atoms with Gasteiger partial charge in [0.05, 0.1) is 20.6 Å². The number of fused-ring (bicyclic) bond motifs is 1. The van der Waals surface area contributed by atoms with Crippen molar-refractivity contribution in [2.75, 3.05) is 0 Å². The standard InChI is InChI=1S/C11H5Cl3O3/c12-7-3-6-4(9(14)10(7)15)1-2-5(8(6)13)11(16)17/h1-3,15H,(H,16,17). The van der Waals surface area contributed by atoms with Gasteiger partial charge in [-0.25, -0.2) is 4.79 Å². The summed E-state index contributed by atoms with van der Waals surface area (Å²) in [4.78, 5) is 10.9. The van der Waals surface area contributed by atoms with Gasteiger partial charge < -0.3 is 10.2 Å². The minimum absolute atomic E-state index is 0.0203. The van der Waals surface area contributed by atoms with Crippen molar-refractivity contribution >= 4 is 51.5 Å². The number of carbonyl (C=O) groups is 1. The van der Waals surface area contributed by atoms with Crippen LogP contribution in [0, 0.1) is 0 Å². The molecule has 0 saturated carbocycles. The summed E-state index contributed by atoms with van der Waals surface area (Å²) in [6.45, 7) is 0. The molecule has 0 saturated heterocycles. The largest absolute Gasteiger partial charge is 0.505 e. The van der Waals surface area contributed by atoms with E-state index in [4.69, 9.17) is 39.9 Å². The smallest absolute Gasteiger partial charge is 0.337 e. The molecule has 0 atom stereocenters. The normalized spacial score (nSPS) is 10.8. The van der Waals surface area contributed by atoms with E-state index in [2.05, 4.69) is 0 Å². The molecule has 2 rings (SSSR count). The van der Waals surface area contributed by atoms with E-state index in [1.54, 1.807) is 0 Å². The zero-order chi connectivity index (χ0) is 12.7. The van der Waals surface area contributed by atoms with Gasteiger partial charge in [-0.05, 0) is 12.1 Å². The summed E-state index contributed by atoms with van der Waals surface area (Å²) in [5.74, 6) is -1.39. The molecule has 0 aliphatic heterocycles. The van der Waals surface area contributed by atoms with Crippen molar-refractivity contribution < 1.29 is 15.0 Å². The second-order valence-corrected chi connectivity index (χ2v) is 4.51. The van der Waals surface area contributed by atoms with E-state index < -0.39 is 5.97 Å². The van der Waals surface area contributed by atoms with Gasteiger partial charge in [-0.1, -0.05) is 40.9 Å². The van der Waals surface area contributed by atoms with Gasteiger partial charge in [0.15, 0.2) is 5.75 Å². The van der Waals surface area contributed by atoms with Crippen molar-refractivity contribution in [3.05, 3.63) is 38.8 Å². The summed E-state index contributed by atoms with van der Waals surface area (Å²) in [7, 11) is 0. The van der Waals surface area contributed by atoms with Crippen LogP contribution >= 0.6 is 34.8 Å². The number of aromatic hydroxyl groups is 1. The van der Waals surface area contributed by atoms with Crippen LogP contribution in [0.1, 0.15) is 10.4 Å². The van der Waals surface area contributed by atoms with Crippen LogP contribution in [0.25, 0.3) is 10.8 Å². The maximum absolute atomic E-state index is 10.9. The lowest BCUT2D eigenvalue weighted by atomic mass is 10.1. The Morgan fingerprint density at radius 1 is 1.06 bits per heavy atom. The van der Waals surface area contributed by atoms with Gasteiger partial charge in [0.2, 0.25) is 0 Å². The number of phenolic OH excluding ortho intramolecular Hbond substituents is 1. The molecule has 0 fully saturated rings. The zero-order valence-corrected chi connectivity index (χ0v) is 10.4. The lowest BCUT2D eigenvalue weighted by Crippen LogP contribution is -1.97. The van der Waals surface area contributed by atoms with E-state index in [0.29, 0.717) is 10.8 Å². The van der Waals surface area contributed by atoms with Gasteiger partial charge in [-0.3, -0.25) is 0 Å². The Morgan fingerprint density at radius 3 is 2.29 bits per heavy atom. The molecule has 2 aromatic rings. The third-order valence-electron chi connectivity index (χ3n) is 2.35. The highest BCUT2D eigenvalue weighted by Gasteiger charge is 2.16. The highest BCUT2D eigenvalue weighted by atomic mass is 35.5. The van der Waals surface area contributed by atoms with Gasteiger partial charge in [-0.15, -0.1) is 0 Å². The number of hydrogen-bond acceptors (Lipinski definition) is 2. The van der Waals surface area contributed by atoms with Gasteiger partial charge in [-0.2, -0.15) is 0 Å². The summed E-state index contributed by atoms with van der Waals surface area (Å²) >= 11 is 17.6. The molecule has 0 spiro atoms. The number of rotatable bonds is 1. The van der Waals surface area contributed by atoms with E-state index in [9.17, 15) is 9.90 Å². The molecule has 0 aliphatic rings. The Kier molecular flexibility index (Phi) is 3.08. The molecule has 0 heterocycles. The van der Waals surface area contributed by atoms with Crippen molar-refractivity contribution in [2.45, 2.75) is 0 Å². The number of phenols is 1. The van der Waals surface area contributed by atoms with E-state index >= 15 is 0 Å². The fourth-order valence-electron chi connectivity index (χ4n) is 1.52. The predicted molar refractivity (Wildman–Crippen MR) is 67.6 cm³/mol. The number of aromatic carboxylic acids is 1. The van der Waals surface area contributed by atoms with Crippen LogP contribution in [0.3, 0.4) is 0 Å². The van der Waals surface area contributed by atoms with Crippen LogP contribution in [0.15, 0.2) is 18.2 Å². The first-order chi connectivity index (χ1) is 7.93. The van der Waals surface area contributed by atoms with Crippen molar-refractivity contribution in [1.82, 2.24) is 0 Å². The van der Waals surface area contributed by atoms with Crippen LogP contribution in [0.2, 0.25) is 15.1 Å². The maximum atomic E-state index is 10.9. The molecule has 6 heteroatoms. The maximum Gasteiger partial charge on any atom is 0.337 e. The van der Waals surface area contributed by atoms with E-state index in [1.165, 1.54) is 18.2 Å². The highest BCUT2D eigenvalue weighted by Crippen LogP contribution is 2.41. The van der Waals surface area contributed by atoms with Crippen LogP contribution in [0.4, 0.5) is 0 Å². The molecular weight excluding hydrogens is 286 g/mol. The van der Waals surface area contributed by atoms with Crippen molar-refractivity contribution in [2.24, 2.45) is 0 Å². The first-order valence-corrected chi connectivity index (χ1v) is 5.59. The molecule has 2 N–H and O–H groups in total. The average Bonchev–Trinajstić information content (AvgIpc) is 2.27. The third kappa shape index (κ3) is 1.90. The summed E-state index contributed by atoms with van der Waals surface area (Å²) in [5, 5.41) is 19.4. The SMILES string of the molecule is O=C(O)c1ccc2c(Cl)c(O)c(Cl)cc2c1Cl. The molecule has 88 valence electrons. The van der Waals surface area contributed by atoms with Crippen LogP contribution < -0.4 is 0 Å². The fourth-order valence-corrected chi connectivity index (χ4v) is 2.34. The number of benzene rings is 2. The summed E-state index contributed by atoms with van der Waals surface area (Å²) in [6.07, 6.45) is 0. The highest BCUT2D eigenvalue weighted by molar-refractivity contribution is 6.44. The molecular formula is C11H5Cl3O3. The van der Waals surface area contributed by atoms with E-state index in [-0.39, 0.29) is 26.4 Å². The molecule has 0 bridgehead atoms. The van der Waals surface area contributed by atoms with Gasteiger partial charge in [0.25, 0.3) is 0 Å². The van der Waals surface area contributed by atoms with Crippen molar-refractivity contribution in [3.8, 4) is 5.75 Å². The van der Waals surface area contributed by atoms with E-state index in [1.807, 2.05) is 0 Å². The zero-order valence-electron chi connectivity index (χ0n) is 8.17. The van der Waals surface area contributed by atoms with Crippen LogP contribution in [-0.2, 0) is 0 Å². The monoisotopic (exact) mass is 290 g/mol. The van der Waals surface area contributed by atoms with Crippen LogP contribution in [0.5, 0.6) is 5.75 Å². The summed E-state index contributed by atoms with van der Waals surface area (Å²) in [5.41, 5.74) is -0.0445. The van der Waals surface area contributed by atoms with Crippen LogP contribution in [-0.4, -0.2) is 16.2 Å². The molecule has 0 aliphatic carbocycles. The lowest BCUT2D eigenvalue weighted by Gasteiger charge is -2.08. The first kappa shape index (κ1) is 12.3. The first-order valence-electron chi connectivity index (χ1n) is 4.46. The Labute approximate surface area is 111 Å². The second-order valence-electron chi connectivity index (χ2n) is 3.35. The molecule has 2 aromatic carbocycles. The predicted octanol–water partition coefficient (Wildman–Crippen LogP) is 4.20. The number of carboxylic acids is 1. The van der Waals surface area contributed by atoms with Gasteiger partial charge in [0, 0.05) is 10.8 Å². The Bertz CT molecular complexity index is 638. The number of carboxylic acid groups (broad SMARTS) is 1. The quantitative estimate of drug-likeness (QED) is 0.827. The number of halogens is 3. The molecule has 0 aromatic heterocycles. The molecule has 0 radical (unpaired) electrons. The molecule has 0 amide bonds. The minimum Gasteiger partial charge on any atom is -0.505 e. The molecule has 3 nitrogen and oxygen atoms in total. The van der Waals surface area contributed by atoms with Crippen molar-refractivity contribution in [3.63, 3.8) is 0 Å². The second kappa shape index (κ2) is 4.26. The van der Waals surface area contributed by atoms with Gasteiger partial charge >= 0.3 is 5.97 Å². The Balaban J connectivity index is 2.92. The molecule has 17 heavy (non-hydrogen) atoms. The lowest BCUT2D eigenvalue weighted by molar-refractivity contribution is 0.0697.